The lowest BCUT2D eigenvalue weighted by molar-refractivity contribution is -0.0136. The van der Waals surface area contributed by atoms with Crippen LogP contribution in [-0.4, -0.2) is 59.2 Å². The third-order valence-corrected chi connectivity index (χ3v) is 4.07. The third kappa shape index (κ3) is 4.10. The number of aromatic nitrogens is 2. The zero-order valence-corrected chi connectivity index (χ0v) is 13.3. The summed E-state index contributed by atoms with van der Waals surface area (Å²) in [5.41, 5.74) is 0.991. The Bertz CT molecular complexity index is 597. The summed E-state index contributed by atoms with van der Waals surface area (Å²) in [6.45, 7) is 3.23. The highest BCUT2D eigenvalue weighted by molar-refractivity contribution is 5.32. The number of nitrogens with zero attached hydrogens (tertiary/aromatic N) is 3. The molecule has 1 aliphatic heterocycles. The number of aliphatic hydroxyl groups is 1. The molecule has 1 aromatic heterocycles. The molecule has 0 radical (unpaired) electrons. The van der Waals surface area contributed by atoms with Crippen molar-refractivity contribution < 1.29 is 14.6 Å². The number of ether oxygens (including phenoxy) is 2. The Hall–Kier alpha value is -1.89. The Morgan fingerprint density at radius 2 is 2.13 bits per heavy atom. The normalized spacial score (nSPS) is 17.0. The van der Waals surface area contributed by atoms with Crippen LogP contribution in [0.5, 0.6) is 5.75 Å². The second kappa shape index (κ2) is 7.59. The van der Waals surface area contributed by atoms with Crippen LogP contribution in [0.25, 0.3) is 0 Å². The van der Waals surface area contributed by atoms with E-state index >= 15 is 0 Å². The van der Waals surface area contributed by atoms with Crippen LogP contribution in [0, 0.1) is 0 Å². The molecule has 1 aliphatic rings. The molecule has 1 fully saturated rings. The summed E-state index contributed by atoms with van der Waals surface area (Å²) in [6, 6.07) is 10.1. The summed E-state index contributed by atoms with van der Waals surface area (Å²) in [5.74, 6) is 0.812. The molecule has 0 saturated carbocycles. The van der Waals surface area contributed by atoms with Crippen LogP contribution in [0.4, 0.5) is 0 Å². The first-order chi connectivity index (χ1) is 11.3. The van der Waals surface area contributed by atoms with Crippen LogP contribution in [0.2, 0.25) is 0 Å². The van der Waals surface area contributed by atoms with Gasteiger partial charge in [-0.15, -0.1) is 0 Å². The van der Waals surface area contributed by atoms with E-state index in [1.165, 1.54) is 0 Å². The van der Waals surface area contributed by atoms with Crippen LogP contribution < -0.4 is 4.74 Å². The van der Waals surface area contributed by atoms with E-state index in [2.05, 4.69) is 10.00 Å². The van der Waals surface area contributed by atoms with E-state index in [0.717, 1.165) is 24.4 Å². The van der Waals surface area contributed by atoms with Gasteiger partial charge in [0.1, 0.15) is 5.75 Å². The average molecular weight is 317 g/mol. The third-order valence-electron chi connectivity index (χ3n) is 4.07. The van der Waals surface area contributed by atoms with Gasteiger partial charge in [-0.05, 0) is 12.1 Å². The molecule has 1 atom stereocenters. The largest absolute Gasteiger partial charge is 0.496 e. The maximum Gasteiger partial charge on any atom is 0.124 e. The molecule has 6 heteroatoms. The van der Waals surface area contributed by atoms with Gasteiger partial charge >= 0.3 is 0 Å². The van der Waals surface area contributed by atoms with E-state index in [1.54, 1.807) is 13.3 Å². The molecule has 1 N–H and O–H groups in total. The minimum Gasteiger partial charge on any atom is -0.496 e. The average Bonchev–Trinajstić information content (AvgIpc) is 3.05. The summed E-state index contributed by atoms with van der Waals surface area (Å²) in [4.78, 5) is 2.21. The number of β-amino-alcohol motifs (C(OH)–C–C–N with tert-alkyl or cyclic N) is 1. The number of methoxy groups -OCH3 is 1. The zero-order valence-electron chi connectivity index (χ0n) is 13.3. The maximum atomic E-state index is 10.1. The molecule has 3 rings (SSSR count). The molecule has 0 amide bonds. The lowest BCUT2D eigenvalue weighted by Crippen LogP contribution is -2.51. The molecular weight excluding hydrogens is 294 g/mol. The van der Waals surface area contributed by atoms with E-state index in [1.807, 2.05) is 41.2 Å². The van der Waals surface area contributed by atoms with E-state index < -0.39 is 6.10 Å². The van der Waals surface area contributed by atoms with Gasteiger partial charge in [-0.25, -0.2) is 0 Å². The number of aliphatic hydroxyl groups excluding tert-OH is 1. The molecule has 124 valence electrons. The standard InChI is InChI=1S/C17H23N3O3/c1-22-17-6-3-2-5-14(17)12-23-13-16(21)11-19-9-15(10-19)20-8-4-7-18-20/h2-8,15-16,21H,9-13H2,1H3/t16-/m1/s1. The van der Waals surface area contributed by atoms with Crippen molar-refractivity contribution in [2.45, 2.75) is 18.8 Å². The van der Waals surface area contributed by atoms with Crippen molar-refractivity contribution in [3.8, 4) is 5.75 Å². The van der Waals surface area contributed by atoms with E-state index in [9.17, 15) is 5.11 Å². The molecule has 0 spiro atoms. The first-order valence-electron chi connectivity index (χ1n) is 7.85. The summed E-state index contributed by atoms with van der Waals surface area (Å²) < 4.78 is 12.9. The number of benzene rings is 1. The topological polar surface area (TPSA) is 59.8 Å². The van der Waals surface area contributed by atoms with Gasteiger partial charge in [0.05, 0.1) is 32.5 Å². The Morgan fingerprint density at radius 3 is 2.87 bits per heavy atom. The Morgan fingerprint density at radius 1 is 1.30 bits per heavy atom. The molecule has 0 unspecified atom stereocenters. The lowest BCUT2D eigenvalue weighted by Gasteiger charge is -2.40. The van der Waals surface area contributed by atoms with Gasteiger partial charge in [0.2, 0.25) is 0 Å². The first kappa shape index (κ1) is 16.0. The number of para-hydroxylation sites is 1. The molecular formula is C17H23N3O3. The number of hydrogen-bond acceptors (Lipinski definition) is 5. The SMILES string of the molecule is COc1ccccc1COC[C@H](O)CN1CC(n2cccn2)C1. The predicted molar refractivity (Wildman–Crippen MR) is 86.4 cm³/mol. The Kier molecular flexibility index (Phi) is 5.27. The van der Waals surface area contributed by atoms with Crippen molar-refractivity contribution in [1.82, 2.24) is 14.7 Å². The summed E-state index contributed by atoms with van der Waals surface area (Å²) >= 11 is 0. The second-order valence-electron chi connectivity index (χ2n) is 5.84. The monoisotopic (exact) mass is 317 g/mol. The second-order valence-corrected chi connectivity index (χ2v) is 5.84. The van der Waals surface area contributed by atoms with Gasteiger partial charge in [0.15, 0.2) is 0 Å². The van der Waals surface area contributed by atoms with E-state index in [4.69, 9.17) is 9.47 Å². The minimum atomic E-state index is -0.483. The van der Waals surface area contributed by atoms with Crippen LogP contribution in [0.15, 0.2) is 42.7 Å². The van der Waals surface area contributed by atoms with Gasteiger partial charge < -0.3 is 14.6 Å². The highest BCUT2D eigenvalue weighted by Gasteiger charge is 2.29. The van der Waals surface area contributed by atoms with E-state index in [0.29, 0.717) is 25.8 Å². The van der Waals surface area contributed by atoms with Gasteiger partial charge in [0, 0.05) is 37.6 Å². The molecule has 0 aliphatic carbocycles. The van der Waals surface area contributed by atoms with Crippen molar-refractivity contribution >= 4 is 0 Å². The van der Waals surface area contributed by atoms with Gasteiger partial charge in [0.25, 0.3) is 0 Å². The summed E-state index contributed by atoms with van der Waals surface area (Å²) in [7, 11) is 1.65. The van der Waals surface area contributed by atoms with Crippen molar-refractivity contribution in [1.29, 1.82) is 0 Å². The zero-order chi connectivity index (χ0) is 16.1. The minimum absolute atomic E-state index is 0.320. The number of rotatable bonds is 8. The fourth-order valence-electron chi connectivity index (χ4n) is 2.83. The molecule has 6 nitrogen and oxygen atoms in total. The van der Waals surface area contributed by atoms with E-state index in [-0.39, 0.29) is 0 Å². The summed E-state index contributed by atoms with van der Waals surface area (Å²) in [6.07, 6.45) is 3.29. The van der Waals surface area contributed by atoms with Crippen molar-refractivity contribution in [3.63, 3.8) is 0 Å². The smallest absolute Gasteiger partial charge is 0.124 e. The van der Waals surface area contributed by atoms with Gasteiger partial charge in [-0.3, -0.25) is 9.58 Å². The van der Waals surface area contributed by atoms with Crippen LogP contribution in [0.1, 0.15) is 11.6 Å². The quantitative estimate of drug-likeness (QED) is 0.796. The number of hydrogen-bond donors (Lipinski definition) is 1. The Balaban J connectivity index is 1.35. The highest BCUT2D eigenvalue weighted by atomic mass is 16.5. The molecule has 0 bridgehead atoms. The van der Waals surface area contributed by atoms with Crippen molar-refractivity contribution in [2.24, 2.45) is 0 Å². The molecule has 1 saturated heterocycles. The predicted octanol–water partition coefficient (Wildman–Crippen LogP) is 1.33. The molecule has 2 heterocycles. The van der Waals surface area contributed by atoms with Crippen molar-refractivity contribution in [3.05, 3.63) is 48.3 Å². The molecule has 23 heavy (non-hydrogen) atoms. The number of likely N-dealkylation sites (tertiary alicyclic amines) is 1. The van der Waals surface area contributed by atoms with Crippen LogP contribution in [-0.2, 0) is 11.3 Å². The maximum absolute atomic E-state index is 10.1. The molecule has 1 aromatic carbocycles. The first-order valence-corrected chi connectivity index (χ1v) is 7.85. The lowest BCUT2D eigenvalue weighted by atomic mass is 10.1. The fourth-order valence-corrected chi connectivity index (χ4v) is 2.83. The van der Waals surface area contributed by atoms with Crippen LogP contribution >= 0.6 is 0 Å². The van der Waals surface area contributed by atoms with Gasteiger partial charge in [-0.1, -0.05) is 18.2 Å². The Labute approximate surface area is 136 Å². The highest BCUT2D eigenvalue weighted by Crippen LogP contribution is 2.20. The van der Waals surface area contributed by atoms with Crippen LogP contribution in [0.3, 0.4) is 0 Å². The van der Waals surface area contributed by atoms with Crippen molar-refractivity contribution in [2.75, 3.05) is 33.4 Å². The fraction of sp³-hybridized carbons (Fsp3) is 0.471. The summed E-state index contributed by atoms with van der Waals surface area (Å²) in [5, 5.41) is 14.3. The van der Waals surface area contributed by atoms with Gasteiger partial charge in [-0.2, -0.15) is 5.10 Å². The molecule has 2 aromatic rings.